The molecular weight excluding hydrogens is 267 g/mol. The number of benzene rings is 2. The molecule has 0 aromatic heterocycles. The molecule has 0 bridgehead atoms. The Morgan fingerprint density at radius 1 is 1.19 bits per heavy atom. The van der Waals surface area contributed by atoms with E-state index >= 15 is 0 Å². The van der Waals surface area contributed by atoms with Crippen LogP contribution >= 0.6 is 0 Å². The number of halogens is 1. The summed E-state index contributed by atoms with van der Waals surface area (Å²) < 4.78 is 19.1. The molecule has 0 saturated heterocycles. The van der Waals surface area contributed by atoms with Crippen molar-refractivity contribution in [2.45, 2.75) is 12.8 Å². The van der Waals surface area contributed by atoms with Crippen molar-refractivity contribution in [1.29, 1.82) is 0 Å². The summed E-state index contributed by atoms with van der Waals surface area (Å²) in [5.74, 6) is 0.178. The minimum atomic E-state index is -0.324. The second-order valence-electron chi connectivity index (χ2n) is 5.06. The first-order valence-corrected chi connectivity index (χ1v) is 7.00. The number of methoxy groups -OCH3 is 1. The summed E-state index contributed by atoms with van der Waals surface area (Å²) in [6.45, 7) is 0.763. The van der Waals surface area contributed by atoms with Gasteiger partial charge in [-0.2, -0.15) is 0 Å². The number of nitrogens with two attached hydrogens (primary N) is 1. The lowest BCUT2D eigenvalue weighted by molar-refractivity contribution is 0.416. The summed E-state index contributed by atoms with van der Waals surface area (Å²) in [6.07, 6.45) is 1.92. The number of hydrogen-bond donors (Lipinski definition) is 1. The maximum atomic E-state index is 14.0. The number of nitrogens with zero attached hydrogens (tertiary/aromatic N) is 1. The van der Waals surface area contributed by atoms with Crippen molar-refractivity contribution in [3.8, 4) is 5.75 Å². The van der Waals surface area contributed by atoms with Gasteiger partial charge in [0, 0.05) is 25.7 Å². The highest BCUT2D eigenvalue weighted by atomic mass is 19.1. The van der Waals surface area contributed by atoms with Gasteiger partial charge >= 0.3 is 0 Å². The largest absolute Gasteiger partial charge is 0.495 e. The maximum Gasteiger partial charge on any atom is 0.148 e. The Hall–Kier alpha value is -2.23. The normalized spacial score (nSPS) is 10.4. The Balaban J connectivity index is 1.98. The molecule has 2 aromatic carbocycles. The molecular formula is C17H21FN2O. The fourth-order valence-corrected chi connectivity index (χ4v) is 2.31. The summed E-state index contributed by atoms with van der Waals surface area (Å²) in [4.78, 5) is 1.89. The SMILES string of the molecule is COc1cc(N(C)CCCc2ccccc2)c(F)cc1N. The molecule has 3 nitrogen and oxygen atoms in total. The van der Waals surface area contributed by atoms with E-state index in [1.54, 1.807) is 6.07 Å². The van der Waals surface area contributed by atoms with Crippen LogP contribution in [0.1, 0.15) is 12.0 Å². The zero-order valence-corrected chi connectivity index (χ0v) is 12.5. The first-order valence-electron chi connectivity index (χ1n) is 7.00. The molecule has 0 fully saturated rings. The molecule has 2 N–H and O–H groups in total. The molecule has 0 unspecified atom stereocenters. The highest BCUT2D eigenvalue weighted by Crippen LogP contribution is 2.30. The van der Waals surface area contributed by atoms with E-state index in [1.165, 1.54) is 18.7 Å². The standard InChI is InChI=1S/C17H21FN2O/c1-20(10-6-9-13-7-4-3-5-8-13)16-12-17(21-2)15(19)11-14(16)18/h3-5,7-8,11-12H,6,9-10,19H2,1-2H3. The van der Waals surface area contributed by atoms with E-state index in [-0.39, 0.29) is 5.82 Å². The van der Waals surface area contributed by atoms with Gasteiger partial charge in [-0.1, -0.05) is 30.3 Å². The molecule has 0 heterocycles. The first kappa shape index (κ1) is 15.2. The summed E-state index contributed by atoms with van der Waals surface area (Å²) >= 11 is 0. The Bertz CT molecular complexity index is 587. The van der Waals surface area contributed by atoms with Crippen molar-refractivity contribution >= 4 is 11.4 Å². The number of aryl methyl sites for hydroxylation is 1. The van der Waals surface area contributed by atoms with E-state index in [2.05, 4.69) is 12.1 Å². The van der Waals surface area contributed by atoms with Gasteiger partial charge in [0.25, 0.3) is 0 Å². The van der Waals surface area contributed by atoms with Crippen molar-refractivity contribution in [3.63, 3.8) is 0 Å². The highest BCUT2D eigenvalue weighted by Gasteiger charge is 2.12. The number of anilines is 2. The lowest BCUT2D eigenvalue weighted by Crippen LogP contribution is -2.20. The second kappa shape index (κ2) is 6.97. The van der Waals surface area contributed by atoms with Gasteiger partial charge in [-0.05, 0) is 18.4 Å². The Morgan fingerprint density at radius 3 is 2.57 bits per heavy atom. The van der Waals surface area contributed by atoms with Gasteiger partial charge in [-0.25, -0.2) is 4.39 Å². The van der Waals surface area contributed by atoms with Gasteiger partial charge in [-0.3, -0.25) is 0 Å². The lowest BCUT2D eigenvalue weighted by Gasteiger charge is -2.21. The molecule has 0 spiro atoms. The molecule has 0 aliphatic heterocycles. The van der Waals surface area contributed by atoms with E-state index in [0.717, 1.165) is 19.4 Å². The van der Waals surface area contributed by atoms with Crippen molar-refractivity contribution in [2.24, 2.45) is 0 Å². The molecule has 21 heavy (non-hydrogen) atoms. The van der Waals surface area contributed by atoms with Crippen molar-refractivity contribution in [3.05, 3.63) is 53.8 Å². The predicted octanol–water partition coefficient (Wildman–Crippen LogP) is 3.49. The third-order valence-corrected chi connectivity index (χ3v) is 3.51. The van der Waals surface area contributed by atoms with Crippen LogP contribution in [0.2, 0.25) is 0 Å². The molecule has 0 aliphatic carbocycles. The van der Waals surface area contributed by atoms with E-state index in [9.17, 15) is 4.39 Å². The summed E-state index contributed by atoms with van der Waals surface area (Å²) in [7, 11) is 3.40. The van der Waals surface area contributed by atoms with Crippen LogP contribution < -0.4 is 15.4 Å². The zero-order chi connectivity index (χ0) is 15.2. The number of rotatable bonds is 6. The van der Waals surface area contributed by atoms with Crippen LogP contribution in [0.5, 0.6) is 5.75 Å². The topological polar surface area (TPSA) is 38.5 Å². The Kier molecular flexibility index (Phi) is 5.04. The zero-order valence-electron chi connectivity index (χ0n) is 12.5. The fourth-order valence-electron chi connectivity index (χ4n) is 2.31. The van der Waals surface area contributed by atoms with Gasteiger partial charge in [0.05, 0.1) is 18.5 Å². The first-order chi connectivity index (χ1) is 10.1. The van der Waals surface area contributed by atoms with Crippen LogP contribution in [0.4, 0.5) is 15.8 Å². The van der Waals surface area contributed by atoms with Crippen LogP contribution in [0, 0.1) is 5.82 Å². The maximum absolute atomic E-state index is 14.0. The molecule has 0 amide bonds. The molecule has 112 valence electrons. The summed E-state index contributed by atoms with van der Waals surface area (Å²) in [5.41, 5.74) is 7.81. The van der Waals surface area contributed by atoms with E-state index in [4.69, 9.17) is 10.5 Å². The molecule has 0 aliphatic rings. The van der Waals surface area contributed by atoms with Crippen LogP contribution in [0.25, 0.3) is 0 Å². The second-order valence-corrected chi connectivity index (χ2v) is 5.06. The highest BCUT2D eigenvalue weighted by molar-refractivity contribution is 5.63. The van der Waals surface area contributed by atoms with Crippen LogP contribution in [0.3, 0.4) is 0 Å². The number of hydrogen-bond acceptors (Lipinski definition) is 3. The minimum absolute atomic E-state index is 0.316. The minimum Gasteiger partial charge on any atom is -0.495 e. The van der Waals surface area contributed by atoms with Crippen LogP contribution in [-0.4, -0.2) is 20.7 Å². The summed E-state index contributed by atoms with van der Waals surface area (Å²) in [5, 5.41) is 0. The number of ether oxygens (including phenoxy) is 1. The van der Waals surface area contributed by atoms with E-state index in [1.807, 2.05) is 30.1 Å². The Morgan fingerprint density at radius 2 is 1.90 bits per heavy atom. The van der Waals surface area contributed by atoms with Crippen LogP contribution in [-0.2, 0) is 6.42 Å². The smallest absolute Gasteiger partial charge is 0.148 e. The lowest BCUT2D eigenvalue weighted by atomic mass is 10.1. The summed E-state index contributed by atoms with van der Waals surface area (Å²) in [6, 6.07) is 13.2. The van der Waals surface area contributed by atoms with Crippen LogP contribution in [0.15, 0.2) is 42.5 Å². The predicted molar refractivity (Wildman–Crippen MR) is 85.4 cm³/mol. The van der Waals surface area contributed by atoms with E-state index in [0.29, 0.717) is 17.1 Å². The van der Waals surface area contributed by atoms with Crippen molar-refractivity contribution in [1.82, 2.24) is 0 Å². The van der Waals surface area contributed by atoms with Gasteiger partial charge in [0.1, 0.15) is 11.6 Å². The average Bonchev–Trinajstić information content (AvgIpc) is 2.48. The van der Waals surface area contributed by atoms with Gasteiger partial charge < -0.3 is 15.4 Å². The fraction of sp³-hybridized carbons (Fsp3) is 0.294. The third-order valence-electron chi connectivity index (χ3n) is 3.51. The van der Waals surface area contributed by atoms with Crippen molar-refractivity contribution in [2.75, 3.05) is 31.3 Å². The molecule has 0 radical (unpaired) electrons. The Labute approximate surface area is 125 Å². The molecule has 2 rings (SSSR count). The van der Waals surface area contributed by atoms with E-state index < -0.39 is 0 Å². The van der Waals surface area contributed by atoms with Gasteiger partial charge in [0.2, 0.25) is 0 Å². The number of nitrogen functional groups attached to an aromatic ring is 1. The molecule has 2 aromatic rings. The van der Waals surface area contributed by atoms with Gasteiger partial charge in [-0.15, -0.1) is 0 Å². The third kappa shape index (κ3) is 3.88. The molecule has 4 heteroatoms. The van der Waals surface area contributed by atoms with Crippen molar-refractivity contribution < 1.29 is 9.13 Å². The average molecular weight is 288 g/mol. The molecule has 0 saturated carbocycles. The van der Waals surface area contributed by atoms with Gasteiger partial charge in [0.15, 0.2) is 0 Å². The molecule has 0 atom stereocenters. The quantitative estimate of drug-likeness (QED) is 0.827. The monoisotopic (exact) mass is 288 g/mol.